The number of carboxylic acids is 1. The molecule has 0 atom stereocenters. The number of para-hydroxylation sites is 1. The Hall–Kier alpha value is -2.83. The predicted molar refractivity (Wildman–Crippen MR) is 101 cm³/mol. The summed E-state index contributed by atoms with van der Waals surface area (Å²) in [5.41, 5.74) is 1.89. The number of carbonyl (C=O) groups is 2. The second kappa shape index (κ2) is 7.42. The van der Waals surface area contributed by atoms with Crippen LogP contribution in [0.2, 0.25) is 0 Å². The summed E-state index contributed by atoms with van der Waals surface area (Å²) < 4.78 is 1.78. The molecule has 2 aliphatic rings. The minimum Gasteiger partial charge on any atom is -0.481 e. The fourth-order valence-electron chi connectivity index (χ4n) is 3.52. The van der Waals surface area contributed by atoms with Gasteiger partial charge in [0.1, 0.15) is 5.82 Å². The molecule has 0 spiro atoms. The number of benzene rings is 1. The second-order valence-corrected chi connectivity index (χ2v) is 7.45. The molecule has 1 aliphatic heterocycles. The van der Waals surface area contributed by atoms with Crippen LogP contribution in [-0.2, 0) is 11.2 Å². The van der Waals surface area contributed by atoms with Crippen LogP contribution in [0.3, 0.4) is 0 Å². The van der Waals surface area contributed by atoms with Crippen molar-refractivity contribution in [3.8, 4) is 5.69 Å². The van der Waals surface area contributed by atoms with Crippen LogP contribution in [-0.4, -0.2) is 44.9 Å². The van der Waals surface area contributed by atoms with Crippen molar-refractivity contribution in [1.29, 1.82) is 0 Å². The molecule has 1 saturated carbocycles. The maximum atomic E-state index is 12.7. The highest BCUT2D eigenvalue weighted by Gasteiger charge is 2.28. The summed E-state index contributed by atoms with van der Waals surface area (Å²) in [6.45, 7) is 0.911. The second-order valence-electron chi connectivity index (χ2n) is 7.45. The van der Waals surface area contributed by atoms with Crippen LogP contribution in [0.25, 0.3) is 5.69 Å². The van der Waals surface area contributed by atoms with Gasteiger partial charge in [0.25, 0.3) is 0 Å². The Balaban J connectivity index is 1.49. The number of rotatable bonds is 5. The molecule has 0 bridgehead atoms. The van der Waals surface area contributed by atoms with Crippen molar-refractivity contribution in [1.82, 2.24) is 14.7 Å². The Morgan fingerprint density at radius 2 is 1.81 bits per heavy atom. The van der Waals surface area contributed by atoms with Gasteiger partial charge in [-0.25, -0.2) is 9.48 Å². The van der Waals surface area contributed by atoms with E-state index in [0.29, 0.717) is 37.7 Å². The van der Waals surface area contributed by atoms with E-state index in [0.717, 1.165) is 17.8 Å². The molecule has 4 rings (SSSR count). The minimum absolute atomic E-state index is 0.200. The fourth-order valence-corrected chi connectivity index (χ4v) is 3.52. The zero-order valence-electron chi connectivity index (χ0n) is 15.2. The highest BCUT2D eigenvalue weighted by molar-refractivity contribution is 5.89. The Morgan fingerprint density at radius 3 is 2.44 bits per heavy atom. The van der Waals surface area contributed by atoms with Crippen molar-refractivity contribution < 1.29 is 14.7 Å². The van der Waals surface area contributed by atoms with Gasteiger partial charge < -0.3 is 10.0 Å². The van der Waals surface area contributed by atoms with Gasteiger partial charge in [0.2, 0.25) is 0 Å². The van der Waals surface area contributed by atoms with Gasteiger partial charge in [-0.1, -0.05) is 18.2 Å². The first-order chi connectivity index (χ1) is 13.1. The smallest absolute Gasteiger partial charge is 0.323 e. The molecule has 1 aromatic heterocycles. The zero-order chi connectivity index (χ0) is 18.8. The first-order valence-electron chi connectivity index (χ1n) is 9.53. The van der Waals surface area contributed by atoms with E-state index >= 15 is 0 Å². The summed E-state index contributed by atoms with van der Waals surface area (Å²) in [7, 11) is 0. The third-order valence-corrected chi connectivity index (χ3v) is 5.32. The normalized spacial score (nSPS) is 17.7. The van der Waals surface area contributed by atoms with E-state index in [2.05, 4.69) is 5.32 Å². The predicted octanol–water partition coefficient (Wildman–Crippen LogP) is 3.15. The van der Waals surface area contributed by atoms with Crippen LogP contribution < -0.4 is 5.32 Å². The van der Waals surface area contributed by atoms with Crippen molar-refractivity contribution in [3.05, 3.63) is 42.1 Å². The van der Waals surface area contributed by atoms with Gasteiger partial charge in [0, 0.05) is 19.2 Å². The number of nitrogens with one attached hydrogen (secondary N) is 1. The standard InChI is InChI=1S/C20H24N4O3/c25-19(26)15-8-10-23(11-9-15)20(27)21-18-13-16(12-14-6-7-14)22-24(18)17-4-2-1-3-5-17/h1-5,13-15H,6-12H2,(H,21,27)(H,25,26). The number of aliphatic carboxylic acids is 1. The monoisotopic (exact) mass is 368 g/mol. The molecule has 2 N–H and O–H groups in total. The van der Waals surface area contributed by atoms with Gasteiger partial charge in [-0.3, -0.25) is 10.1 Å². The third kappa shape index (κ3) is 4.13. The lowest BCUT2D eigenvalue weighted by molar-refractivity contribution is -0.143. The molecular formula is C20H24N4O3. The molecular weight excluding hydrogens is 344 g/mol. The van der Waals surface area contributed by atoms with E-state index in [1.54, 1.807) is 9.58 Å². The zero-order valence-corrected chi connectivity index (χ0v) is 15.2. The van der Waals surface area contributed by atoms with Crippen LogP contribution in [0.5, 0.6) is 0 Å². The molecule has 2 fully saturated rings. The van der Waals surface area contributed by atoms with Gasteiger partial charge in [-0.05, 0) is 50.2 Å². The molecule has 1 aromatic carbocycles. The van der Waals surface area contributed by atoms with Crippen molar-refractivity contribution in [2.24, 2.45) is 11.8 Å². The van der Waals surface area contributed by atoms with Crippen molar-refractivity contribution in [2.75, 3.05) is 18.4 Å². The highest BCUT2D eigenvalue weighted by atomic mass is 16.4. The van der Waals surface area contributed by atoms with Gasteiger partial charge in [-0.15, -0.1) is 0 Å². The number of likely N-dealkylation sites (tertiary alicyclic amines) is 1. The molecule has 1 saturated heterocycles. The molecule has 7 heteroatoms. The van der Waals surface area contributed by atoms with E-state index < -0.39 is 5.97 Å². The lowest BCUT2D eigenvalue weighted by Crippen LogP contribution is -2.42. The molecule has 2 aromatic rings. The van der Waals surface area contributed by atoms with E-state index in [4.69, 9.17) is 10.2 Å². The number of aromatic nitrogens is 2. The maximum absolute atomic E-state index is 12.7. The first kappa shape index (κ1) is 17.6. The number of piperidine rings is 1. The van der Waals surface area contributed by atoms with Gasteiger partial charge >= 0.3 is 12.0 Å². The molecule has 2 heterocycles. The minimum atomic E-state index is -0.776. The van der Waals surface area contributed by atoms with Crippen LogP contribution >= 0.6 is 0 Å². The lowest BCUT2D eigenvalue weighted by atomic mass is 9.97. The Labute approximate surface area is 158 Å². The Bertz CT molecular complexity index is 821. The third-order valence-electron chi connectivity index (χ3n) is 5.32. The molecule has 0 unspecified atom stereocenters. The molecule has 1 aliphatic carbocycles. The highest BCUT2D eigenvalue weighted by Crippen LogP contribution is 2.33. The number of hydrogen-bond donors (Lipinski definition) is 2. The van der Waals surface area contributed by atoms with E-state index in [1.807, 2.05) is 36.4 Å². The number of anilines is 1. The largest absolute Gasteiger partial charge is 0.481 e. The van der Waals surface area contributed by atoms with Gasteiger partial charge in [0.05, 0.1) is 17.3 Å². The molecule has 2 amide bonds. The van der Waals surface area contributed by atoms with Crippen LogP contribution in [0.15, 0.2) is 36.4 Å². The SMILES string of the molecule is O=C(O)C1CCN(C(=O)Nc2cc(CC3CC3)nn2-c2ccccc2)CC1. The number of urea groups is 1. The van der Waals surface area contributed by atoms with Crippen LogP contribution in [0, 0.1) is 11.8 Å². The average Bonchev–Trinajstić information content (AvgIpc) is 3.41. The summed E-state index contributed by atoms with van der Waals surface area (Å²) in [5.74, 6) is 0.237. The number of carboxylic acid groups (broad SMARTS) is 1. The molecule has 27 heavy (non-hydrogen) atoms. The first-order valence-corrected chi connectivity index (χ1v) is 9.53. The Kier molecular flexibility index (Phi) is 4.83. The van der Waals surface area contributed by atoms with E-state index in [1.165, 1.54) is 12.8 Å². The quantitative estimate of drug-likeness (QED) is 0.849. The number of amides is 2. The summed E-state index contributed by atoms with van der Waals surface area (Å²) in [5, 5.41) is 16.8. The van der Waals surface area contributed by atoms with Gasteiger partial charge in [0.15, 0.2) is 0 Å². The Morgan fingerprint density at radius 1 is 1.11 bits per heavy atom. The number of hydrogen-bond acceptors (Lipinski definition) is 3. The van der Waals surface area contributed by atoms with E-state index in [9.17, 15) is 9.59 Å². The summed E-state index contributed by atoms with van der Waals surface area (Å²) >= 11 is 0. The molecule has 7 nitrogen and oxygen atoms in total. The maximum Gasteiger partial charge on any atom is 0.323 e. The number of nitrogens with zero attached hydrogens (tertiary/aromatic N) is 3. The van der Waals surface area contributed by atoms with Crippen molar-refractivity contribution >= 4 is 17.8 Å². The van der Waals surface area contributed by atoms with Gasteiger partial charge in [-0.2, -0.15) is 5.10 Å². The van der Waals surface area contributed by atoms with Crippen LogP contribution in [0.4, 0.5) is 10.6 Å². The van der Waals surface area contributed by atoms with Crippen molar-refractivity contribution in [3.63, 3.8) is 0 Å². The van der Waals surface area contributed by atoms with Crippen molar-refractivity contribution in [2.45, 2.75) is 32.1 Å². The summed E-state index contributed by atoms with van der Waals surface area (Å²) in [4.78, 5) is 25.5. The topological polar surface area (TPSA) is 87.5 Å². The lowest BCUT2D eigenvalue weighted by Gasteiger charge is -2.30. The average molecular weight is 368 g/mol. The summed E-state index contributed by atoms with van der Waals surface area (Å²) in [6.07, 6.45) is 4.42. The molecule has 142 valence electrons. The molecule has 0 radical (unpaired) electrons. The number of carbonyl (C=O) groups excluding carboxylic acids is 1. The summed E-state index contributed by atoms with van der Waals surface area (Å²) in [6, 6.07) is 11.5. The van der Waals surface area contributed by atoms with E-state index in [-0.39, 0.29) is 11.9 Å². The van der Waals surface area contributed by atoms with Crippen LogP contribution in [0.1, 0.15) is 31.4 Å². The fraction of sp³-hybridized carbons (Fsp3) is 0.450.